The molecule has 0 aliphatic heterocycles. The van der Waals surface area contributed by atoms with Crippen LogP contribution in [0.25, 0.3) is 0 Å². The molecule has 2 aromatic rings. The third-order valence-corrected chi connectivity index (χ3v) is 3.30. The van der Waals surface area contributed by atoms with Crippen LogP contribution in [-0.4, -0.2) is 22.0 Å². The monoisotopic (exact) mass is 354 g/mol. The van der Waals surface area contributed by atoms with Crippen molar-refractivity contribution >= 4 is 45.1 Å². The minimum atomic E-state index is -1.13. The van der Waals surface area contributed by atoms with E-state index in [1.807, 2.05) is 0 Å². The van der Waals surface area contributed by atoms with Gasteiger partial charge in [-0.2, -0.15) is 0 Å². The summed E-state index contributed by atoms with van der Waals surface area (Å²) in [6.07, 6.45) is 2.77. The van der Waals surface area contributed by atoms with Crippen molar-refractivity contribution in [1.29, 1.82) is 0 Å². The van der Waals surface area contributed by atoms with Gasteiger partial charge in [0, 0.05) is 16.9 Å². The second-order valence-corrected chi connectivity index (χ2v) is 5.13. The number of hydrogen-bond donors (Lipinski definition) is 2. The predicted molar refractivity (Wildman–Crippen MR) is 78.3 cm³/mol. The van der Waals surface area contributed by atoms with E-state index < -0.39 is 11.9 Å². The van der Waals surface area contributed by atoms with Gasteiger partial charge in [-0.05, 0) is 24.3 Å². The number of anilines is 1. The van der Waals surface area contributed by atoms with Crippen LogP contribution in [-0.2, 0) is 0 Å². The molecule has 1 amide bonds. The lowest BCUT2D eigenvalue weighted by Crippen LogP contribution is -2.15. The minimum Gasteiger partial charge on any atom is -0.478 e. The number of aromatic nitrogens is 1. The Morgan fingerprint density at radius 3 is 2.65 bits per heavy atom. The summed E-state index contributed by atoms with van der Waals surface area (Å²) >= 11 is 9.12. The minimum absolute atomic E-state index is 0.0124. The quantitative estimate of drug-likeness (QED) is 0.884. The van der Waals surface area contributed by atoms with Crippen LogP contribution in [0.1, 0.15) is 20.7 Å². The van der Waals surface area contributed by atoms with E-state index in [1.165, 1.54) is 30.6 Å². The summed E-state index contributed by atoms with van der Waals surface area (Å²) < 4.78 is 0.648. The molecule has 0 radical (unpaired) electrons. The Morgan fingerprint density at radius 2 is 2.00 bits per heavy atom. The second kappa shape index (κ2) is 6.02. The van der Waals surface area contributed by atoms with Gasteiger partial charge in [0.25, 0.3) is 5.91 Å². The molecular formula is C13H8BrClN2O3. The first kappa shape index (κ1) is 14.5. The van der Waals surface area contributed by atoms with Gasteiger partial charge in [0.15, 0.2) is 0 Å². The van der Waals surface area contributed by atoms with Crippen molar-refractivity contribution in [3.63, 3.8) is 0 Å². The van der Waals surface area contributed by atoms with Crippen molar-refractivity contribution in [3.8, 4) is 0 Å². The number of hydrogen-bond acceptors (Lipinski definition) is 3. The van der Waals surface area contributed by atoms with Gasteiger partial charge in [-0.3, -0.25) is 9.78 Å². The fourth-order valence-electron chi connectivity index (χ4n) is 1.54. The van der Waals surface area contributed by atoms with Crippen molar-refractivity contribution in [1.82, 2.24) is 4.98 Å². The SMILES string of the molecule is O=C(Nc1cc(Br)ccc1C(=O)O)c1cnccc1Cl. The molecule has 0 aliphatic rings. The molecule has 1 aromatic heterocycles. The number of nitrogens with one attached hydrogen (secondary N) is 1. The number of carbonyl (C=O) groups is 2. The highest BCUT2D eigenvalue weighted by molar-refractivity contribution is 9.10. The summed E-state index contributed by atoms with van der Waals surface area (Å²) in [5.74, 6) is -1.66. The fourth-order valence-corrected chi connectivity index (χ4v) is 2.09. The van der Waals surface area contributed by atoms with Crippen LogP contribution in [0.2, 0.25) is 5.02 Å². The van der Waals surface area contributed by atoms with Gasteiger partial charge >= 0.3 is 5.97 Å². The molecule has 0 unspecified atom stereocenters. The highest BCUT2D eigenvalue weighted by Gasteiger charge is 2.15. The summed E-state index contributed by atoms with van der Waals surface area (Å²) in [4.78, 5) is 27.0. The Labute approximate surface area is 127 Å². The first-order valence-corrected chi connectivity index (χ1v) is 6.60. The third kappa shape index (κ3) is 3.15. The number of nitrogens with zero attached hydrogens (tertiary/aromatic N) is 1. The molecule has 0 aliphatic carbocycles. The lowest BCUT2D eigenvalue weighted by molar-refractivity contribution is 0.0698. The topological polar surface area (TPSA) is 79.3 Å². The van der Waals surface area contributed by atoms with Gasteiger partial charge < -0.3 is 10.4 Å². The zero-order chi connectivity index (χ0) is 14.7. The van der Waals surface area contributed by atoms with Gasteiger partial charge in [0.2, 0.25) is 0 Å². The van der Waals surface area contributed by atoms with E-state index in [0.29, 0.717) is 4.47 Å². The highest BCUT2D eigenvalue weighted by atomic mass is 79.9. The van der Waals surface area contributed by atoms with Crippen molar-refractivity contribution in [2.75, 3.05) is 5.32 Å². The molecule has 2 rings (SSSR count). The van der Waals surface area contributed by atoms with Crippen molar-refractivity contribution in [3.05, 3.63) is 57.3 Å². The molecule has 1 heterocycles. The normalized spacial score (nSPS) is 10.1. The van der Waals surface area contributed by atoms with Crippen LogP contribution in [0.5, 0.6) is 0 Å². The molecule has 20 heavy (non-hydrogen) atoms. The molecule has 7 heteroatoms. The van der Waals surface area contributed by atoms with Crippen LogP contribution < -0.4 is 5.32 Å². The highest BCUT2D eigenvalue weighted by Crippen LogP contribution is 2.23. The van der Waals surface area contributed by atoms with E-state index in [2.05, 4.69) is 26.2 Å². The average Bonchev–Trinajstić information content (AvgIpc) is 2.38. The van der Waals surface area contributed by atoms with E-state index in [0.717, 1.165) is 0 Å². The lowest BCUT2D eigenvalue weighted by atomic mass is 10.1. The molecular weight excluding hydrogens is 348 g/mol. The van der Waals surface area contributed by atoms with Gasteiger partial charge in [0.1, 0.15) is 0 Å². The van der Waals surface area contributed by atoms with Crippen LogP contribution in [0.15, 0.2) is 41.1 Å². The number of benzene rings is 1. The number of rotatable bonds is 3. The molecule has 0 saturated heterocycles. The van der Waals surface area contributed by atoms with E-state index in [9.17, 15) is 9.59 Å². The number of carboxylic acid groups (broad SMARTS) is 1. The smallest absolute Gasteiger partial charge is 0.337 e. The Balaban J connectivity index is 2.35. The Morgan fingerprint density at radius 1 is 1.25 bits per heavy atom. The zero-order valence-corrected chi connectivity index (χ0v) is 12.3. The lowest BCUT2D eigenvalue weighted by Gasteiger charge is -2.09. The molecule has 0 spiro atoms. The second-order valence-electron chi connectivity index (χ2n) is 3.80. The Hall–Kier alpha value is -1.92. The third-order valence-electron chi connectivity index (χ3n) is 2.47. The van der Waals surface area contributed by atoms with Crippen LogP contribution in [0.4, 0.5) is 5.69 Å². The molecule has 0 bridgehead atoms. The van der Waals surface area contributed by atoms with Crippen LogP contribution >= 0.6 is 27.5 Å². The number of aromatic carboxylic acids is 1. The number of halogens is 2. The number of carbonyl (C=O) groups excluding carboxylic acids is 1. The summed E-state index contributed by atoms with van der Waals surface area (Å²) in [6, 6.07) is 5.96. The standard InChI is InChI=1S/C13H8BrClN2O3/c14-7-1-2-8(13(19)20)11(5-7)17-12(18)9-6-16-4-3-10(9)15/h1-6H,(H,17,18)(H,19,20). The van der Waals surface area contributed by atoms with Crippen LogP contribution in [0.3, 0.4) is 0 Å². The largest absolute Gasteiger partial charge is 0.478 e. The van der Waals surface area contributed by atoms with Crippen molar-refractivity contribution < 1.29 is 14.7 Å². The maximum atomic E-state index is 12.1. The average molecular weight is 356 g/mol. The van der Waals surface area contributed by atoms with Crippen molar-refractivity contribution in [2.24, 2.45) is 0 Å². The summed E-state index contributed by atoms with van der Waals surface area (Å²) in [5.41, 5.74) is 0.337. The summed E-state index contributed by atoms with van der Waals surface area (Å²) in [6.45, 7) is 0. The molecule has 5 nitrogen and oxygen atoms in total. The van der Waals surface area contributed by atoms with E-state index in [-0.39, 0.29) is 21.8 Å². The molecule has 0 atom stereocenters. The first-order valence-electron chi connectivity index (χ1n) is 5.42. The number of amides is 1. The predicted octanol–water partition coefficient (Wildman–Crippen LogP) is 3.45. The van der Waals surface area contributed by atoms with Crippen molar-refractivity contribution in [2.45, 2.75) is 0 Å². The van der Waals surface area contributed by atoms with Gasteiger partial charge in [0.05, 0.1) is 21.8 Å². The first-order chi connectivity index (χ1) is 9.49. The molecule has 102 valence electrons. The summed E-state index contributed by atoms with van der Waals surface area (Å²) in [5, 5.41) is 11.8. The maximum absolute atomic E-state index is 12.1. The Bertz CT molecular complexity index is 691. The molecule has 1 aromatic carbocycles. The summed E-state index contributed by atoms with van der Waals surface area (Å²) in [7, 11) is 0. The van der Waals surface area contributed by atoms with Gasteiger partial charge in [-0.15, -0.1) is 0 Å². The van der Waals surface area contributed by atoms with E-state index in [1.54, 1.807) is 6.07 Å². The molecule has 2 N–H and O–H groups in total. The van der Waals surface area contributed by atoms with Crippen LogP contribution in [0, 0.1) is 0 Å². The maximum Gasteiger partial charge on any atom is 0.337 e. The zero-order valence-electron chi connectivity index (χ0n) is 9.93. The van der Waals surface area contributed by atoms with Gasteiger partial charge in [-0.1, -0.05) is 27.5 Å². The Kier molecular flexibility index (Phi) is 4.36. The van der Waals surface area contributed by atoms with E-state index in [4.69, 9.17) is 16.7 Å². The number of pyridine rings is 1. The van der Waals surface area contributed by atoms with Gasteiger partial charge in [-0.25, -0.2) is 4.79 Å². The number of carboxylic acids is 1. The molecule has 0 fully saturated rings. The molecule has 0 saturated carbocycles. The van der Waals surface area contributed by atoms with E-state index >= 15 is 0 Å². The fraction of sp³-hybridized carbons (Fsp3) is 0.